The molecule has 1 aliphatic heterocycles. The van der Waals surface area contributed by atoms with Crippen molar-refractivity contribution in [3.63, 3.8) is 0 Å². The van der Waals surface area contributed by atoms with E-state index in [1.165, 1.54) is 0 Å². The van der Waals surface area contributed by atoms with Gasteiger partial charge in [0.15, 0.2) is 11.5 Å². The van der Waals surface area contributed by atoms with E-state index in [1.54, 1.807) is 0 Å². The number of hydrogen-bond donors (Lipinski definition) is 1. The van der Waals surface area contributed by atoms with Crippen LogP contribution in [0.1, 0.15) is 30.5 Å². The van der Waals surface area contributed by atoms with Crippen LogP contribution in [0.2, 0.25) is 0 Å². The van der Waals surface area contributed by atoms with E-state index in [0.29, 0.717) is 26.3 Å². The second kappa shape index (κ2) is 9.24. The highest BCUT2D eigenvalue weighted by Crippen LogP contribution is 2.31. The molecule has 3 rings (SSSR count). The van der Waals surface area contributed by atoms with Crippen molar-refractivity contribution < 1.29 is 14.3 Å². The molecule has 27 heavy (non-hydrogen) atoms. The molecule has 1 N–H and O–H groups in total. The quantitative estimate of drug-likeness (QED) is 0.719. The van der Waals surface area contributed by atoms with E-state index in [0.717, 1.165) is 33.5 Å². The average Bonchev–Trinajstić information content (AvgIpc) is 2.66. The smallest absolute Gasteiger partial charge is 0.234 e. The van der Waals surface area contributed by atoms with E-state index >= 15 is 0 Å². The van der Waals surface area contributed by atoms with Crippen molar-refractivity contribution in [2.24, 2.45) is 0 Å². The Labute approximate surface area is 168 Å². The van der Waals surface area contributed by atoms with E-state index in [2.05, 4.69) is 28.2 Å². The molecule has 2 aromatic carbocycles. The summed E-state index contributed by atoms with van der Waals surface area (Å²) in [5, 5.41) is 3.13. The Morgan fingerprint density at radius 3 is 2.56 bits per heavy atom. The van der Waals surface area contributed by atoms with Gasteiger partial charge in [-0.2, -0.15) is 0 Å². The third-order valence-corrected chi connectivity index (χ3v) is 5.02. The fourth-order valence-corrected chi connectivity index (χ4v) is 3.42. The van der Waals surface area contributed by atoms with Gasteiger partial charge in [-0.25, -0.2) is 0 Å². The summed E-state index contributed by atoms with van der Waals surface area (Å²) in [7, 11) is 1.94. The van der Waals surface area contributed by atoms with Crippen LogP contribution in [-0.4, -0.2) is 37.6 Å². The van der Waals surface area contributed by atoms with Gasteiger partial charge in [-0.3, -0.25) is 9.69 Å². The summed E-state index contributed by atoms with van der Waals surface area (Å²) in [6.07, 6.45) is 0.846. The number of nitrogens with one attached hydrogen (secondary N) is 1. The first kappa shape index (κ1) is 19.7. The number of amides is 1. The highest BCUT2D eigenvalue weighted by Gasteiger charge is 2.16. The number of halogens is 1. The Balaban J connectivity index is 1.54. The maximum Gasteiger partial charge on any atom is 0.234 e. The standard InChI is InChI=1S/C21H25BrN2O3/c1-3-18(16-5-7-17(22)8-6-16)23-21(25)14-24(2)13-15-4-9-19-20(12-15)27-11-10-26-19/h4-9,12,18H,3,10-11,13-14H2,1-2H3,(H,23,25). The van der Waals surface area contributed by atoms with E-state index in [-0.39, 0.29) is 11.9 Å². The van der Waals surface area contributed by atoms with Crippen molar-refractivity contribution >= 4 is 21.8 Å². The van der Waals surface area contributed by atoms with Gasteiger partial charge in [-0.1, -0.05) is 41.1 Å². The predicted molar refractivity (Wildman–Crippen MR) is 109 cm³/mol. The molecular weight excluding hydrogens is 408 g/mol. The van der Waals surface area contributed by atoms with Gasteiger partial charge in [0, 0.05) is 11.0 Å². The minimum absolute atomic E-state index is 0.0183. The van der Waals surface area contributed by atoms with E-state index < -0.39 is 0 Å². The Morgan fingerprint density at radius 2 is 1.85 bits per heavy atom. The molecule has 0 aromatic heterocycles. The Hall–Kier alpha value is -2.05. The number of ether oxygens (including phenoxy) is 2. The summed E-state index contributed by atoms with van der Waals surface area (Å²) < 4.78 is 12.2. The van der Waals surface area contributed by atoms with Crippen LogP contribution in [0.3, 0.4) is 0 Å². The van der Waals surface area contributed by atoms with Gasteiger partial charge < -0.3 is 14.8 Å². The molecule has 0 spiro atoms. The SMILES string of the molecule is CCC(NC(=O)CN(C)Cc1ccc2c(c1)OCCO2)c1ccc(Br)cc1. The predicted octanol–water partition coefficient (Wildman–Crippen LogP) is 3.92. The van der Waals surface area contributed by atoms with Crippen LogP contribution in [0.5, 0.6) is 11.5 Å². The average molecular weight is 433 g/mol. The number of carbonyl (C=O) groups is 1. The zero-order valence-electron chi connectivity index (χ0n) is 15.7. The highest BCUT2D eigenvalue weighted by molar-refractivity contribution is 9.10. The molecule has 0 fully saturated rings. The van der Waals surface area contributed by atoms with Gasteiger partial charge in [-0.15, -0.1) is 0 Å². The normalized spacial score (nSPS) is 14.1. The lowest BCUT2D eigenvalue weighted by molar-refractivity contribution is -0.122. The maximum atomic E-state index is 12.5. The Bertz CT molecular complexity index is 779. The number of likely N-dealkylation sites (N-methyl/N-ethyl adjacent to an activating group) is 1. The molecule has 1 atom stereocenters. The summed E-state index contributed by atoms with van der Waals surface area (Å²) in [5.74, 6) is 1.58. The molecule has 0 radical (unpaired) electrons. The Kier molecular flexibility index (Phi) is 6.74. The number of benzene rings is 2. The van der Waals surface area contributed by atoms with Crippen LogP contribution < -0.4 is 14.8 Å². The fraction of sp³-hybridized carbons (Fsp3) is 0.381. The fourth-order valence-electron chi connectivity index (χ4n) is 3.16. The Morgan fingerprint density at radius 1 is 1.15 bits per heavy atom. The molecule has 5 nitrogen and oxygen atoms in total. The van der Waals surface area contributed by atoms with Crippen LogP contribution in [0.4, 0.5) is 0 Å². The summed E-state index contributed by atoms with van der Waals surface area (Å²) in [6.45, 7) is 4.24. The molecule has 0 bridgehead atoms. The molecule has 1 unspecified atom stereocenters. The summed E-state index contributed by atoms with van der Waals surface area (Å²) >= 11 is 3.44. The third kappa shape index (κ3) is 5.47. The summed E-state index contributed by atoms with van der Waals surface area (Å²) in [4.78, 5) is 14.5. The zero-order valence-corrected chi connectivity index (χ0v) is 17.3. The van der Waals surface area contributed by atoms with Gasteiger partial charge in [0.2, 0.25) is 5.91 Å². The van der Waals surface area contributed by atoms with Gasteiger partial charge >= 0.3 is 0 Å². The van der Waals surface area contributed by atoms with Crippen molar-refractivity contribution in [1.29, 1.82) is 0 Å². The molecular formula is C21H25BrN2O3. The monoisotopic (exact) mass is 432 g/mol. The molecule has 0 saturated heterocycles. The van der Waals surface area contributed by atoms with Crippen LogP contribution in [-0.2, 0) is 11.3 Å². The molecule has 1 aliphatic rings. The first-order chi connectivity index (χ1) is 13.0. The minimum atomic E-state index is 0.0183. The molecule has 6 heteroatoms. The van der Waals surface area contributed by atoms with Gasteiger partial charge in [0.25, 0.3) is 0 Å². The first-order valence-corrected chi connectivity index (χ1v) is 9.96. The second-order valence-electron chi connectivity index (χ2n) is 6.73. The molecule has 1 amide bonds. The van der Waals surface area contributed by atoms with Gasteiger partial charge in [-0.05, 0) is 48.9 Å². The lowest BCUT2D eigenvalue weighted by atomic mass is 10.0. The van der Waals surface area contributed by atoms with Crippen molar-refractivity contribution in [2.75, 3.05) is 26.8 Å². The lowest BCUT2D eigenvalue weighted by Gasteiger charge is -2.22. The first-order valence-electron chi connectivity index (χ1n) is 9.17. The van der Waals surface area contributed by atoms with Crippen molar-refractivity contribution in [2.45, 2.75) is 25.9 Å². The molecule has 0 aliphatic carbocycles. The largest absolute Gasteiger partial charge is 0.486 e. The van der Waals surface area contributed by atoms with Crippen molar-refractivity contribution in [1.82, 2.24) is 10.2 Å². The number of carbonyl (C=O) groups excluding carboxylic acids is 1. The minimum Gasteiger partial charge on any atom is -0.486 e. The van der Waals surface area contributed by atoms with E-state index in [4.69, 9.17) is 9.47 Å². The number of hydrogen-bond acceptors (Lipinski definition) is 4. The summed E-state index contributed by atoms with van der Waals surface area (Å²) in [5.41, 5.74) is 2.21. The molecule has 0 saturated carbocycles. The topological polar surface area (TPSA) is 50.8 Å². The van der Waals surface area contributed by atoms with Crippen molar-refractivity contribution in [3.8, 4) is 11.5 Å². The van der Waals surface area contributed by atoms with Crippen LogP contribution in [0, 0.1) is 0 Å². The molecule has 1 heterocycles. The van der Waals surface area contributed by atoms with Crippen LogP contribution in [0.15, 0.2) is 46.9 Å². The van der Waals surface area contributed by atoms with Crippen LogP contribution in [0.25, 0.3) is 0 Å². The number of fused-ring (bicyclic) bond motifs is 1. The van der Waals surface area contributed by atoms with Gasteiger partial charge in [0.1, 0.15) is 13.2 Å². The van der Waals surface area contributed by atoms with E-state index in [9.17, 15) is 4.79 Å². The lowest BCUT2D eigenvalue weighted by Crippen LogP contribution is -2.36. The van der Waals surface area contributed by atoms with Crippen LogP contribution >= 0.6 is 15.9 Å². The molecule has 2 aromatic rings. The zero-order chi connectivity index (χ0) is 19.2. The number of nitrogens with zero attached hydrogens (tertiary/aromatic N) is 1. The summed E-state index contributed by atoms with van der Waals surface area (Å²) in [6, 6.07) is 14.0. The van der Waals surface area contributed by atoms with Crippen molar-refractivity contribution in [3.05, 3.63) is 58.1 Å². The third-order valence-electron chi connectivity index (χ3n) is 4.49. The molecule has 144 valence electrons. The second-order valence-corrected chi connectivity index (χ2v) is 7.65. The van der Waals surface area contributed by atoms with E-state index in [1.807, 2.05) is 54.4 Å². The van der Waals surface area contributed by atoms with Gasteiger partial charge in [0.05, 0.1) is 12.6 Å². The maximum absolute atomic E-state index is 12.5. The number of rotatable bonds is 7. The highest BCUT2D eigenvalue weighted by atomic mass is 79.9.